The Morgan fingerprint density at radius 3 is 2.42 bits per heavy atom. The van der Waals surface area contributed by atoms with E-state index in [-0.39, 0.29) is 30.7 Å². The van der Waals surface area contributed by atoms with E-state index in [4.69, 9.17) is 21.9 Å². The lowest BCUT2D eigenvalue weighted by atomic mass is 9.89. The maximum Gasteiger partial charge on any atom is 0.317 e. The molecule has 192 valence electrons. The summed E-state index contributed by atoms with van der Waals surface area (Å²) in [5.41, 5.74) is 14.5. The van der Waals surface area contributed by atoms with Crippen LogP contribution in [0.3, 0.4) is 0 Å². The molecule has 2 heterocycles. The molecule has 10 nitrogen and oxygen atoms in total. The summed E-state index contributed by atoms with van der Waals surface area (Å²) >= 11 is 0. The van der Waals surface area contributed by atoms with Gasteiger partial charge in [0, 0.05) is 25.7 Å². The van der Waals surface area contributed by atoms with Crippen molar-refractivity contribution in [3.63, 3.8) is 0 Å². The molecule has 0 saturated carbocycles. The summed E-state index contributed by atoms with van der Waals surface area (Å²) < 4.78 is 1.91. The van der Waals surface area contributed by atoms with Gasteiger partial charge in [0.2, 0.25) is 5.91 Å². The van der Waals surface area contributed by atoms with Crippen LogP contribution < -0.4 is 16.8 Å². The number of aryl methyl sites for hydroxylation is 1. The number of nitrogens with one attached hydrogen (secondary N) is 2. The fraction of sp³-hybridized carbons (Fsp3) is 0.360. The molecule has 36 heavy (non-hydrogen) atoms. The second kappa shape index (κ2) is 10.7. The zero-order valence-electron chi connectivity index (χ0n) is 20.3. The summed E-state index contributed by atoms with van der Waals surface area (Å²) in [6, 6.07) is 12.2. The van der Waals surface area contributed by atoms with Crippen molar-refractivity contribution in [3.05, 3.63) is 65.0 Å². The molecule has 1 fully saturated rings. The number of nitrogens with two attached hydrogens (primary N) is 2. The number of aromatic nitrogens is 2. The maximum absolute atomic E-state index is 13.5. The van der Waals surface area contributed by atoms with Crippen molar-refractivity contribution in [3.8, 4) is 0 Å². The van der Waals surface area contributed by atoms with Gasteiger partial charge in [0.05, 0.1) is 23.6 Å². The van der Waals surface area contributed by atoms with Crippen LogP contribution in [-0.4, -0.2) is 56.9 Å². The Balaban J connectivity index is 0.00000361. The monoisotopic (exact) mass is 513 g/mol. The van der Waals surface area contributed by atoms with Crippen LogP contribution >= 0.6 is 12.4 Å². The van der Waals surface area contributed by atoms with E-state index in [1.807, 2.05) is 41.9 Å². The fourth-order valence-corrected chi connectivity index (χ4v) is 4.62. The molecule has 1 unspecified atom stereocenters. The maximum atomic E-state index is 13.5. The molecule has 4 rings (SSSR count). The van der Waals surface area contributed by atoms with Gasteiger partial charge in [-0.25, -0.2) is 4.98 Å². The number of aliphatic carboxylic acids is 1. The van der Waals surface area contributed by atoms with Crippen LogP contribution in [-0.2, 0) is 22.2 Å². The number of amides is 1. The first-order valence-electron chi connectivity index (χ1n) is 11.5. The van der Waals surface area contributed by atoms with Crippen molar-refractivity contribution in [2.24, 2.45) is 18.5 Å². The van der Waals surface area contributed by atoms with Crippen LogP contribution in [0.1, 0.15) is 48.3 Å². The summed E-state index contributed by atoms with van der Waals surface area (Å²) in [4.78, 5) is 31.3. The molecule has 1 aliphatic rings. The summed E-state index contributed by atoms with van der Waals surface area (Å²) in [6.07, 6.45) is 1.88. The number of fused-ring (bicyclic) bond motifs is 1. The van der Waals surface area contributed by atoms with Crippen LogP contribution in [0.15, 0.2) is 42.5 Å². The van der Waals surface area contributed by atoms with E-state index in [0.717, 1.165) is 23.9 Å². The predicted octanol–water partition coefficient (Wildman–Crippen LogP) is 1.84. The Hall–Kier alpha value is -3.47. The molecule has 2 atom stereocenters. The first-order chi connectivity index (χ1) is 16.6. The lowest BCUT2D eigenvalue weighted by Gasteiger charge is -2.33. The smallest absolute Gasteiger partial charge is 0.317 e. The molecule has 1 aliphatic heterocycles. The first-order valence-corrected chi connectivity index (χ1v) is 11.5. The number of halogens is 1. The van der Waals surface area contributed by atoms with E-state index >= 15 is 0 Å². The SMILES string of the molecule is Cl.Cn1c(C(N)c2ccc(C(=N)N)cc2)nc2cc([C@@](C)(NCC(=O)O)C(=O)N3CCCC3)ccc21. The molecule has 0 aliphatic carbocycles. The van der Waals surface area contributed by atoms with Crippen molar-refractivity contribution in [1.82, 2.24) is 19.8 Å². The number of nitrogens with zero attached hydrogens (tertiary/aromatic N) is 3. The van der Waals surface area contributed by atoms with Gasteiger partial charge in [0.25, 0.3) is 0 Å². The van der Waals surface area contributed by atoms with Crippen LogP contribution in [0, 0.1) is 5.41 Å². The van der Waals surface area contributed by atoms with Gasteiger partial charge in [0.1, 0.15) is 17.2 Å². The van der Waals surface area contributed by atoms with Crippen molar-refractivity contribution < 1.29 is 14.7 Å². The van der Waals surface area contributed by atoms with Crippen LogP contribution in [0.4, 0.5) is 0 Å². The third kappa shape index (κ3) is 5.06. The normalized spacial score (nSPS) is 15.8. The lowest BCUT2D eigenvalue weighted by molar-refractivity contribution is -0.139. The number of rotatable bonds is 8. The van der Waals surface area contributed by atoms with E-state index in [1.165, 1.54) is 0 Å². The number of hydrogen-bond donors (Lipinski definition) is 5. The molecule has 1 aromatic heterocycles. The Morgan fingerprint density at radius 2 is 1.83 bits per heavy atom. The van der Waals surface area contributed by atoms with Gasteiger partial charge in [-0.15, -0.1) is 12.4 Å². The van der Waals surface area contributed by atoms with E-state index in [1.54, 1.807) is 24.0 Å². The summed E-state index contributed by atoms with van der Waals surface area (Å²) in [6.45, 7) is 2.71. The number of carbonyl (C=O) groups is 2. The molecule has 1 amide bonds. The number of benzene rings is 2. The number of amidine groups is 1. The van der Waals surface area contributed by atoms with Crippen molar-refractivity contribution in [2.45, 2.75) is 31.3 Å². The number of carbonyl (C=O) groups excluding carboxylic acids is 1. The van der Waals surface area contributed by atoms with Gasteiger partial charge in [-0.2, -0.15) is 0 Å². The molecule has 1 saturated heterocycles. The minimum Gasteiger partial charge on any atom is -0.480 e. The standard InChI is InChI=1S/C25H31N7O3.ClH/c1-25(29-14-20(33)34,24(35)32-11-3-4-12-32)17-9-10-19-18(13-17)30-23(31(19)2)21(26)15-5-7-16(8-6-15)22(27)28;/h5-10,13,21,29H,3-4,11-12,14,26H2,1-2H3,(H3,27,28)(H,33,34);1H/t21?,25-;/m1./s1. The lowest BCUT2D eigenvalue weighted by Crippen LogP contribution is -2.54. The number of imidazole rings is 1. The second-order valence-corrected chi connectivity index (χ2v) is 9.12. The van der Waals surface area contributed by atoms with E-state index < -0.39 is 17.6 Å². The number of nitrogen functional groups attached to an aromatic ring is 1. The molecule has 2 aromatic carbocycles. The van der Waals surface area contributed by atoms with E-state index in [2.05, 4.69) is 5.32 Å². The molecule has 0 radical (unpaired) electrons. The summed E-state index contributed by atoms with van der Waals surface area (Å²) in [7, 11) is 1.88. The van der Waals surface area contributed by atoms with Crippen molar-refractivity contribution >= 4 is 41.2 Å². The minimum atomic E-state index is -1.21. The third-order valence-corrected chi connectivity index (χ3v) is 6.77. The van der Waals surface area contributed by atoms with Gasteiger partial charge in [-0.1, -0.05) is 30.3 Å². The van der Waals surface area contributed by atoms with E-state index in [9.17, 15) is 14.7 Å². The number of carboxylic acids is 1. The molecular formula is C25H32ClN7O3. The third-order valence-electron chi connectivity index (χ3n) is 6.77. The van der Waals surface area contributed by atoms with Crippen LogP contribution in [0.2, 0.25) is 0 Å². The highest BCUT2D eigenvalue weighted by Crippen LogP contribution is 2.30. The van der Waals surface area contributed by atoms with Gasteiger partial charge in [-0.3, -0.25) is 20.3 Å². The highest BCUT2D eigenvalue weighted by molar-refractivity contribution is 5.95. The molecule has 11 heteroatoms. The molecule has 0 spiro atoms. The quantitative estimate of drug-likeness (QED) is 0.226. The van der Waals surface area contributed by atoms with Gasteiger partial charge in [-0.05, 0) is 43.0 Å². The Bertz CT molecular complexity index is 1280. The summed E-state index contributed by atoms with van der Waals surface area (Å²) in [5, 5.41) is 19.8. The highest BCUT2D eigenvalue weighted by atomic mass is 35.5. The van der Waals surface area contributed by atoms with Gasteiger partial charge < -0.3 is 26.0 Å². The molecular weight excluding hydrogens is 482 g/mol. The second-order valence-electron chi connectivity index (χ2n) is 9.12. The highest BCUT2D eigenvalue weighted by Gasteiger charge is 2.39. The average Bonchev–Trinajstić information content (AvgIpc) is 3.50. The molecule has 7 N–H and O–H groups in total. The van der Waals surface area contributed by atoms with E-state index in [0.29, 0.717) is 35.6 Å². The Labute approximate surface area is 215 Å². The largest absolute Gasteiger partial charge is 0.480 e. The fourth-order valence-electron chi connectivity index (χ4n) is 4.62. The zero-order valence-corrected chi connectivity index (χ0v) is 21.1. The number of carboxylic acid groups (broad SMARTS) is 1. The van der Waals surface area contributed by atoms with Crippen LogP contribution in [0.5, 0.6) is 0 Å². The minimum absolute atomic E-state index is 0. The first kappa shape index (κ1) is 27.1. The van der Waals surface area contributed by atoms with Gasteiger partial charge >= 0.3 is 5.97 Å². The number of likely N-dealkylation sites (tertiary alicyclic amines) is 1. The van der Waals surface area contributed by atoms with Crippen LogP contribution in [0.25, 0.3) is 11.0 Å². The van der Waals surface area contributed by atoms with Crippen molar-refractivity contribution in [2.75, 3.05) is 19.6 Å². The average molecular weight is 514 g/mol. The molecule has 3 aromatic rings. The Morgan fingerprint density at radius 1 is 1.19 bits per heavy atom. The predicted molar refractivity (Wildman–Crippen MR) is 140 cm³/mol. The Kier molecular flexibility index (Phi) is 8.02. The molecule has 0 bridgehead atoms. The van der Waals surface area contributed by atoms with Gasteiger partial charge in [0.15, 0.2) is 0 Å². The topological polar surface area (TPSA) is 163 Å². The van der Waals surface area contributed by atoms with Crippen molar-refractivity contribution in [1.29, 1.82) is 5.41 Å². The number of hydrogen-bond acceptors (Lipinski definition) is 6. The zero-order chi connectivity index (χ0) is 25.3. The summed E-state index contributed by atoms with van der Waals surface area (Å²) in [5.74, 6) is -0.551.